The molecule has 0 aliphatic carbocycles. The lowest BCUT2D eigenvalue weighted by Gasteiger charge is -1.95. The highest BCUT2D eigenvalue weighted by atomic mass is 32.1. The third-order valence-electron chi connectivity index (χ3n) is 1.60. The van der Waals surface area contributed by atoms with Crippen LogP contribution in [0.15, 0.2) is 17.3 Å². The molecular weight excluding hydrogens is 216 g/mol. The fraction of sp³-hybridized carbons (Fsp3) is 0.250. The van der Waals surface area contributed by atoms with Gasteiger partial charge in [0, 0.05) is 19.2 Å². The van der Waals surface area contributed by atoms with E-state index < -0.39 is 0 Å². The molecule has 0 N–H and O–H groups in total. The number of aromatic nitrogens is 3. The normalized spacial score (nSPS) is 12.0. The van der Waals surface area contributed by atoms with Crippen molar-refractivity contribution in [2.45, 2.75) is 6.92 Å². The molecule has 0 saturated heterocycles. The molecular formula is C8H8N4O2S. The van der Waals surface area contributed by atoms with Crippen molar-refractivity contribution in [2.75, 3.05) is 7.11 Å². The summed E-state index contributed by atoms with van der Waals surface area (Å²) < 4.78 is 6.67. The molecule has 0 unspecified atom stereocenters. The predicted molar refractivity (Wildman–Crippen MR) is 53.7 cm³/mol. The second kappa shape index (κ2) is 3.77. The van der Waals surface area contributed by atoms with E-state index in [1.54, 1.807) is 16.1 Å². The predicted octanol–water partition coefficient (Wildman–Crippen LogP) is 0.247. The minimum absolute atomic E-state index is 0.276. The van der Waals surface area contributed by atoms with E-state index in [9.17, 15) is 4.79 Å². The van der Waals surface area contributed by atoms with Crippen LogP contribution in [0.1, 0.15) is 6.92 Å². The summed E-state index contributed by atoms with van der Waals surface area (Å²) >= 11 is 1.24. The second-order valence-corrected chi connectivity index (χ2v) is 3.65. The van der Waals surface area contributed by atoms with Gasteiger partial charge in [-0.1, -0.05) is 0 Å². The number of methoxy groups -OCH3 is 1. The number of hydrogen-bond acceptors (Lipinski definition) is 5. The maximum absolute atomic E-state index is 10.8. The van der Waals surface area contributed by atoms with Gasteiger partial charge in [0.05, 0.1) is 7.11 Å². The number of hydrogen-bond donors (Lipinski definition) is 0. The lowest BCUT2D eigenvalue weighted by Crippen LogP contribution is -2.01. The van der Waals surface area contributed by atoms with Gasteiger partial charge < -0.3 is 4.74 Å². The smallest absolute Gasteiger partial charge is 0.249 e. The van der Waals surface area contributed by atoms with Crippen molar-refractivity contribution in [3.8, 4) is 5.88 Å². The summed E-state index contributed by atoms with van der Waals surface area (Å²) in [5, 5.41) is 0. The Bertz CT molecular complexity index is 571. The van der Waals surface area contributed by atoms with Crippen LogP contribution in [0.2, 0.25) is 0 Å². The van der Waals surface area contributed by atoms with Crippen LogP contribution in [-0.2, 0) is 4.79 Å². The van der Waals surface area contributed by atoms with Crippen molar-refractivity contribution in [3.05, 3.63) is 17.1 Å². The van der Waals surface area contributed by atoms with Crippen molar-refractivity contribution in [2.24, 2.45) is 4.99 Å². The zero-order valence-electron chi connectivity index (χ0n) is 8.17. The van der Waals surface area contributed by atoms with Crippen LogP contribution in [0.25, 0.3) is 5.78 Å². The van der Waals surface area contributed by atoms with Crippen molar-refractivity contribution in [1.82, 2.24) is 13.8 Å². The highest BCUT2D eigenvalue weighted by Crippen LogP contribution is 2.06. The van der Waals surface area contributed by atoms with Gasteiger partial charge in [-0.3, -0.25) is 4.79 Å². The molecule has 6 nitrogen and oxygen atoms in total. The van der Waals surface area contributed by atoms with E-state index >= 15 is 0 Å². The van der Waals surface area contributed by atoms with Gasteiger partial charge in [-0.05, 0) is 11.5 Å². The quantitative estimate of drug-likeness (QED) is 0.696. The van der Waals surface area contributed by atoms with Gasteiger partial charge in [0.15, 0.2) is 0 Å². The zero-order chi connectivity index (χ0) is 10.8. The molecule has 0 saturated carbocycles. The monoisotopic (exact) mass is 224 g/mol. The molecule has 2 heterocycles. The van der Waals surface area contributed by atoms with Gasteiger partial charge >= 0.3 is 0 Å². The minimum atomic E-state index is -0.276. The Balaban J connectivity index is 2.61. The SMILES string of the molecule is COc1ccn2sc(=NC(C)=O)nc2n1. The summed E-state index contributed by atoms with van der Waals surface area (Å²) in [6.07, 6.45) is 1.76. The van der Waals surface area contributed by atoms with E-state index in [1.807, 2.05) is 0 Å². The lowest BCUT2D eigenvalue weighted by atomic mass is 10.6. The molecule has 2 rings (SSSR count). The number of nitrogens with zero attached hydrogens (tertiary/aromatic N) is 4. The summed E-state index contributed by atoms with van der Waals surface area (Å²) in [6, 6.07) is 1.71. The Morgan fingerprint density at radius 1 is 1.60 bits per heavy atom. The molecule has 0 radical (unpaired) electrons. The standard InChI is InChI=1S/C8H8N4O2S/c1-5(13)9-8-11-7-10-6(14-2)3-4-12(7)15-8/h3-4H,1-2H3. The van der Waals surface area contributed by atoms with Crippen LogP contribution in [0, 0.1) is 0 Å². The van der Waals surface area contributed by atoms with E-state index in [2.05, 4.69) is 15.0 Å². The first-order valence-corrected chi connectivity index (χ1v) is 4.92. The Morgan fingerprint density at radius 2 is 2.40 bits per heavy atom. The number of carbonyl (C=O) groups excluding carboxylic acids is 1. The van der Waals surface area contributed by atoms with Crippen LogP contribution < -0.4 is 9.54 Å². The summed E-state index contributed by atoms with van der Waals surface area (Å²) in [5.41, 5.74) is 0. The maximum Gasteiger partial charge on any atom is 0.249 e. The highest BCUT2D eigenvalue weighted by molar-refractivity contribution is 7.03. The molecule has 0 aliphatic heterocycles. The highest BCUT2D eigenvalue weighted by Gasteiger charge is 2.01. The fourth-order valence-corrected chi connectivity index (χ4v) is 1.77. The molecule has 7 heteroatoms. The van der Waals surface area contributed by atoms with Crippen LogP contribution >= 0.6 is 11.5 Å². The lowest BCUT2D eigenvalue weighted by molar-refractivity contribution is -0.116. The van der Waals surface area contributed by atoms with Crippen LogP contribution in [-0.4, -0.2) is 26.8 Å². The molecule has 0 atom stereocenters. The summed E-state index contributed by atoms with van der Waals surface area (Å²) in [6.45, 7) is 1.38. The van der Waals surface area contributed by atoms with E-state index in [0.717, 1.165) is 0 Å². The van der Waals surface area contributed by atoms with Gasteiger partial charge in [-0.25, -0.2) is 3.79 Å². The molecule has 2 aromatic rings. The van der Waals surface area contributed by atoms with Crippen molar-refractivity contribution < 1.29 is 9.53 Å². The van der Waals surface area contributed by atoms with Crippen molar-refractivity contribution in [1.29, 1.82) is 0 Å². The largest absolute Gasteiger partial charge is 0.481 e. The molecule has 0 bridgehead atoms. The number of fused-ring (bicyclic) bond motifs is 1. The Morgan fingerprint density at radius 3 is 3.07 bits per heavy atom. The van der Waals surface area contributed by atoms with Crippen LogP contribution in [0.4, 0.5) is 0 Å². The van der Waals surface area contributed by atoms with Crippen LogP contribution in [0.5, 0.6) is 5.88 Å². The summed E-state index contributed by atoms with van der Waals surface area (Å²) in [4.78, 5) is 23.0. The minimum Gasteiger partial charge on any atom is -0.481 e. The molecule has 1 amide bonds. The topological polar surface area (TPSA) is 68.8 Å². The average Bonchev–Trinajstić information content (AvgIpc) is 2.57. The number of carbonyl (C=O) groups is 1. The van der Waals surface area contributed by atoms with E-state index in [4.69, 9.17) is 4.74 Å². The molecule has 0 aromatic carbocycles. The van der Waals surface area contributed by atoms with Crippen molar-refractivity contribution in [3.63, 3.8) is 0 Å². The van der Waals surface area contributed by atoms with E-state index in [0.29, 0.717) is 16.5 Å². The first kappa shape index (κ1) is 9.78. The molecule has 2 aromatic heterocycles. The molecule has 0 spiro atoms. The molecule has 78 valence electrons. The van der Waals surface area contributed by atoms with E-state index in [-0.39, 0.29) is 5.91 Å². The summed E-state index contributed by atoms with van der Waals surface area (Å²) in [7, 11) is 1.53. The van der Waals surface area contributed by atoms with Gasteiger partial charge in [-0.15, -0.1) is 0 Å². The first-order chi connectivity index (χ1) is 7.19. The van der Waals surface area contributed by atoms with Crippen LogP contribution in [0.3, 0.4) is 0 Å². The first-order valence-electron chi connectivity index (χ1n) is 4.15. The average molecular weight is 224 g/mol. The number of rotatable bonds is 1. The third-order valence-corrected chi connectivity index (χ3v) is 2.43. The number of amides is 1. The molecule has 0 fully saturated rings. The fourth-order valence-electron chi connectivity index (χ4n) is 1.02. The molecule has 0 aliphatic rings. The molecule has 15 heavy (non-hydrogen) atoms. The summed E-state index contributed by atoms with van der Waals surface area (Å²) in [5.74, 6) is 0.677. The Hall–Kier alpha value is -1.76. The van der Waals surface area contributed by atoms with Gasteiger partial charge in [0.25, 0.3) is 0 Å². The Kier molecular flexibility index (Phi) is 2.46. The van der Waals surface area contributed by atoms with Gasteiger partial charge in [0.1, 0.15) is 0 Å². The van der Waals surface area contributed by atoms with Gasteiger partial charge in [-0.2, -0.15) is 15.0 Å². The van der Waals surface area contributed by atoms with E-state index in [1.165, 1.54) is 25.6 Å². The van der Waals surface area contributed by atoms with Crippen molar-refractivity contribution >= 4 is 23.2 Å². The maximum atomic E-state index is 10.8. The Labute approximate surface area is 89.0 Å². The van der Waals surface area contributed by atoms with Gasteiger partial charge in [0.2, 0.25) is 22.4 Å². The third kappa shape index (κ3) is 2.01. The number of ether oxygens (including phenoxy) is 1. The second-order valence-electron chi connectivity index (χ2n) is 2.71. The zero-order valence-corrected chi connectivity index (χ0v) is 8.98.